The van der Waals surface area contributed by atoms with E-state index in [-0.39, 0.29) is 18.6 Å². The van der Waals surface area contributed by atoms with Crippen LogP contribution in [0.4, 0.5) is 0 Å². The average molecular weight is 298 g/mol. The molecule has 4 heteroatoms. The van der Waals surface area contributed by atoms with E-state index < -0.39 is 0 Å². The molecule has 2 unspecified atom stereocenters. The summed E-state index contributed by atoms with van der Waals surface area (Å²) < 4.78 is 5.63. The maximum atomic E-state index is 12.0. The third kappa shape index (κ3) is 3.57. The Morgan fingerprint density at radius 1 is 1.27 bits per heavy atom. The van der Waals surface area contributed by atoms with Crippen LogP contribution in [0.3, 0.4) is 0 Å². The van der Waals surface area contributed by atoms with E-state index >= 15 is 0 Å². The number of benzene rings is 2. The zero-order valence-corrected chi connectivity index (χ0v) is 12.8. The van der Waals surface area contributed by atoms with E-state index in [0.717, 1.165) is 30.6 Å². The van der Waals surface area contributed by atoms with Crippen molar-refractivity contribution in [2.45, 2.75) is 19.4 Å². The van der Waals surface area contributed by atoms with Crippen LogP contribution in [0, 0.1) is 5.92 Å². The predicted molar refractivity (Wildman–Crippen MR) is 88.0 cm³/mol. The van der Waals surface area contributed by atoms with Crippen molar-refractivity contribution in [1.82, 2.24) is 10.6 Å². The third-order valence-corrected chi connectivity index (χ3v) is 4.22. The van der Waals surface area contributed by atoms with Gasteiger partial charge in [0.15, 0.2) is 6.61 Å². The Bertz CT molecular complexity index is 656. The second kappa shape index (κ2) is 6.79. The second-order valence-corrected chi connectivity index (χ2v) is 5.94. The van der Waals surface area contributed by atoms with Crippen LogP contribution in [0.2, 0.25) is 0 Å². The van der Waals surface area contributed by atoms with Crippen molar-refractivity contribution in [1.29, 1.82) is 0 Å². The molecule has 0 radical (unpaired) electrons. The smallest absolute Gasteiger partial charge is 0.258 e. The molecule has 22 heavy (non-hydrogen) atoms. The minimum atomic E-state index is -0.0492. The highest BCUT2D eigenvalue weighted by molar-refractivity contribution is 5.84. The van der Waals surface area contributed by atoms with Gasteiger partial charge in [0.2, 0.25) is 0 Å². The molecular formula is C18H22N2O2. The van der Waals surface area contributed by atoms with Gasteiger partial charge in [-0.2, -0.15) is 0 Å². The number of hydrogen-bond acceptors (Lipinski definition) is 3. The molecule has 4 nitrogen and oxygen atoms in total. The van der Waals surface area contributed by atoms with E-state index in [9.17, 15) is 4.79 Å². The van der Waals surface area contributed by atoms with Crippen LogP contribution >= 0.6 is 0 Å². The predicted octanol–water partition coefficient (Wildman–Crippen LogP) is 2.33. The van der Waals surface area contributed by atoms with Crippen LogP contribution in [-0.4, -0.2) is 31.6 Å². The lowest BCUT2D eigenvalue weighted by Crippen LogP contribution is -2.49. The fourth-order valence-corrected chi connectivity index (χ4v) is 2.88. The van der Waals surface area contributed by atoms with Crippen molar-refractivity contribution in [3.05, 3.63) is 42.5 Å². The molecule has 3 rings (SSSR count). The van der Waals surface area contributed by atoms with Gasteiger partial charge in [0.25, 0.3) is 5.91 Å². The molecule has 2 atom stereocenters. The van der Waals surface area contributed by atoms with Crippen molar-refractivity contribution in [2.75, 3.05) is 19.7 Å². The van der Waals surface area contributed by atoms with Crippen LogP contribution < -0.4 is 15.4 Å². The zero-order chi connectivity index (χ0) is 15.4. The molecule has 1 heterocycles. The molecule has 1 fully saturated rings. The number of fused-ring (bicyclic) bond motifs is 1. The highest BCUT2D eigenvalue weighted by Gasteiger charge is 2.22. The first kappa shape index (κ1) is 14.9. The van der Waals surface area contributed by atoms with Gasteiger partial charge in [-0.15, -0.1) is 0 Å². The number of hydrogen-bond donors (Lipinski definition) is 2. The van der Waals surface area contributed by atoms with E-state index in [4.69, 9.17) is 4.74 Å². The van der Waals surface area contributed by atoms with Crippen molar-refractivity contribution in [3.8, 4) is 5.75 Å². The highest BCUT2D eigenvalue weighted by Crippen LogP contribution is 2.20. The standard InChI is InChI=1S/C18H22N2O2/c1-13-11-19-9-8-17(13)20-18(21)12-22-16-7-6-14-4-2-3-5-15(14)10-16/h2-7,10,13,17,19H,8-9,11-12H2,1H3,(H,20,21). The molecular weight excluding hydrogens is 276 g/mol. The molecule has 0 spiro atoms. The Hall–Kier alpha value is -2.07. The number of amides is 1. The molecule has 2 aromatic carbocycles. The summed E-state index contributed by atoms with van der Waals surface area (Å²) >= 11 is 0. The van der Waals surface area contributed by atoms with Gasteiger partial charge < -0.3 is 15.4 Å². The lowest BCUT2D eigenvalue weighted by Gasteiger charge is -2.30. The monoisotopic (exact) mass is 298 g/mol. The number of nitrogens with one attached hydrogen (secondary N) is 2. The average Bonchev–Trinajstić information content (AvgIpc) is 2.55. The van der Waals surface area contributed by atoms with Crippen molar-refractivity contribution in [3.63, 3.8) is 0 Å². The van der Waals surface area contributed by atoms with Crippen LogP contribution in [0.15, 0.2) is 42.5 Å². The molecule has 1 aliphatic rings. The zero-order valence-electron chi connectivity index (χ0n) is 12.8. The second-order valence-electron chi connectivity index (χ2n) is 5.94. The largest absolute Gasteiger partial charge is 0.484 e. The van der Waals surface area contributed by atoms with Crippen molar-refractivity contribution < 1.29 is 9.53 Å². The first-order valence-corrected chi connectivity index (χ1v) is 7.84. The van der Waals surface area contributed by atoms with E-state index in [1.807, 2.05) is 36.4 Å². The van der Waals surface area contributed by atoms with Crippen LogP contribution in [0.25, 0.3) is 10.8 Å². The quantitative estimate of drug-likeness (QED) is 0.911. The summed E-state index contributed by atoms with van der Waals surface area (Å²) in [5, 5.41) is 8.69. The molecule has 2 aromatic rings. The SMILES string of the molecule is CC1CNCCC1NC(=O)COc1ccc2ccccc2c1. The van der Waals surface area contributed by atoms with Crippen molar-refractivity contribution >= 4 is 16.7 Å². The Balaban J connectivity index is 1.55. The molecule has 1 saturated heterocycles. The third-order valence-electron chi connectivity index (χ3n) is 4.22. The normalized spacial score (nSPS) is 21.5. The van der Waals surface area contributed by atoms with Gasteiger partial charge in [0.05, 0.1) is 0 Å². The highest BCUT2D eigenvalue weighted by atomic mass is 16.5. The maximum absolute atomic E-state index is 12.0. The summed E-state index contributed by atoms with van der Waals surface area (Å²) in [7, 11) is 0. The number of carbonyl (C=O) groups excluding carboxylic acids is 1. The topological polar surface area (TPSA) is 50.4 Å². The fourth-order valence-electron chi connectivity index (χ4n) is 2.88. The van der Waals surface area contributed by atoms with Crippen molar-refractivity contribution in [2.24, 2.45) is 5.92 Å². The van der Waals surface area contributed by atoms with E-state index in [1.54, 1.807) is 0 Å². The summed E-state index contributed by atoms with van der Waals surface area (Å²) in [6.07, 6.45) is 0.975. The Labute approximate surface area is 130 Å². The maximum Gasteiger partial charge on any atom is 0.258 e. The van der Waals surface area contributed by atoms with Gasteiger partial charge in [-0.3, -0.25) is 4.79 Å². The molecule has 2 N–H and O–H groups in total. The summed E-state index contributed by atoms with van der Waals surface area (Å²) in [4.78, 5) is 12.0. The number of rotatable bonds is 4. The van der Waals surface area contributed by atoms with Gasteiger partial charge in [0, 0.05) is 6.04 Å². The molecule has 1 aliphatic heterocycles. The number of ether oxygens (including phenoxy) is 1. The van der Waals surface area contributed by atoms with Gasteiger partial charge in [-0.05, 0) is 48.3 Å². The van der Waals surface area contributed by atoms with Gasteiger partial charge in [-0.1, -0.05) is 37.3 Å². The van der Waals surface area contributed by atoms with E-state index in [2.05, 4.69) is 23.6 Å². The molecule has 0 saturated carbocycles. The molecule has 0 bridgehead atoms. The Morgan fingerprint density at radius 2 is 2.09 bits per heavy atom. The first-order chi connectivity index (χ1) is 10.7. The summed E-state index contributed by atoms with van der Waals surface area (Å²) in [6.45, 7) is 4.13. The summed E-state index contributed by atoms with van der Waals surface area (Å²) in [6, 6.07) is 14.2. The minimum Gasteiger partial charge on any atom is -0.484 e. The van der Waals surface area contributed by atoms with Gasteiger partial charge in [0.1, 0.15) is 5.75 Å². The summed E-state index contributed by atoms with van der Waals surface area (Å²) in [5.74, 6) is 1.14. The van der Waals surface area contributed by atoms with E-state index in [1.165, 1.54) is 5.39 Å². The summed E-state index contributed by atoms with van der Waals surface area (Å²) in [5.41, 5.74) is 0. The van der Waals surface area contributed by atoms with Gasteiger partial charge in [-0.25, -0.2) is 0 Å². The van der Waals surface area contributed by atoms with Crippen LogP contribution in [-0.2, 0) is 4.79 Å². The van der Waals surface area contributed by atoms with Crippen LogP contribution in [0.1, 0.15) is 13.3 Å². The van der Waals surface area contributed by atoms with Crippen LogP contribution in [0.5, 0.6) is 5.75 Å². The Kier molecular flexibility index (Phi) is 4.59. The minimum absolute atomic E-state index is 0.0492. The fraction of sp³-hybridized carbons (Fsp3) is 0.389. The Morgan fingerprint density at radius 3 is 2.91 bits per heavy atom. The molecule has 0 aliphatic carbocycles. The molecule has 116 valence electrons. The number of piperidine rings is 1. The molecule has 0 aromatic heterocycles. The lowest BCUT2D eigenvalue weighted by molar-refractivity contribution is -0.124. The van der Waals surface area contributed by atoms with Gasteiger partial charge >= 0.3 is 0 Å². The molecule has 1 amide bonds. The first-order valence-electron chi connectivity index (χ1n) is 7.84. The lowest BCUT2D eigenvalue weighted by atomic mass is 9.95. The van der Waals surface area contributed by atoms with E-state index in [0.29, 0.717) is 5.92 Å². The number of carbonyl (C=O) groups is 1.